The molecule has 0 nitrogen and oxygen atoms in total. The van der Waals surface area contributed by atoms with Gasteiger partial charge >= 0.3 is 0 Å². The standard InChI is InChI=1S/C21H21S.BrH/c1-2-11-18-12-9-10-17-21(18)22(19-13-5-3-6-14-19)20-15-7-4-8-16-20;/h3-10,12-17H,2,11H2,1H3;1H/q+1;/p-1. The van der Waals surface area contributed by atoms with Crippen LogP contribution in [0.3, 0.4) is 0 Å². The predicted molar refractivity (Wildman–Crippen MR) is 95.5 cm³/mol. The number of hydrogen-bond donors (Lipinski definition) is 0. The number of hydrogen-bond acceptors (Lipinski definition) is 0. The van der Waals surface area contributed by atoms with Crippen LogP contribution in [-0.4, -0.2) is 0 Å². The van der Waals surface area contributed by atoms with Crippen molar-refractivity contribution in [1.29, 1.82) is 0 Å². The molecule has 0 N–H and O–H groups in total. The molecule has 3 aromatic rings. The van der Waals surface area contributed by atoms with Crippen molar-refractivity contribution in [2.75, 3.05) is 0 Å². The Kier molecular flexibility index (Phi) is 6.94. The summed E-state index contributed by atoms with van der Waals surface area (Å²) in [6, 6.07) is 30.6. The molecule has 0 atom stereocenters. The van der Waals surface area contributed by atoms with Gasteiger partial charge in [-0.2, -0.15) is 0 Å². The molecule has 23 heavy (non-hydrogen) atoms. The monoisotopic (exact) mass is 384 g/mol. The van der Waals surface area contributed by atoms with Crippen molar-refractivity contribution in [3.63, 3.8) is 0 Å². The van der Waals surface area contributed by atoms with E-state index < -0.39 is 0 Å². The Bertz CT molecular complexity index is 671. The van der Waals surface area contributed by atoms with Crippen molar-refractivity contribution in [2.24, 2.45) is 0 Å². The van der Waals surface area contributed by atoms with E-state index in [2.05, 4.69) is 91.9 Å². The molecule has 0 heterocycles. The Morgan fingerprint density at radius 1 is 0.652 bits per heavy atom. The first kappa shape index (κ1) is 17.8. The van der Waals surface area contributed by atoms with Crippen LogP contribution in [0.25, 0.3) is 0 Å². The summed E-state index contributed by atoms with van der Waals surface area (Å²) in [6.07, 6.45) is 2.32. The first-order valence-corrected chi connectivity index (χ1v) is 9.05. The first-order chi connectivity index (χ1) is 10.9. The quantitative estimate of drug-likeness (QED) is 0.593. The van der Waals surface area contributed by atoms with E-state index in [-0.39, 0.29) is 27.9 Å². The molecule has 0 radical (unpaired) electrons. The van der Waals surface area contributed by atoms with Crippen molar-refractivity contribution in [2.45, 2.75) is 34.5 Å². The Morgan fingerprint density at radius 3 is 1.65 bits per heavy atom. The van der Waals surface area contributed by atoms with Crippen molar-refractivity contribution < 1.29 is 17.0 Å². The van der Waals surface area contributed by atoms with Crippen LogP contribution in [0.1, 0.15) is 18.9 Å². The van der Waals surface area contributed by atoms with E-state index in [9.17, 15) is 0 Å². The van der Waals surface area contributed by atoms with Gasteiger partial charge in [-0.1, -0.05) is 67.9 Å². The van der Waals surface area contributed by atoms with E-state index in [4.69, 9.17) is 0 Å². The molecule has 0 aliphatic carbocycles. The van der Waals surface area contributed by atoms with E-state index in [0.717, 1.165) is 6.42 Å². The fourth-order valence-corrected chi connectivity index (χ4v) is 4.97. The van der Waals surface area contributed by atoms with Gasteiger partial charge in [-0.25, -0.2) is 0 Å². The second-order valence-electron chi connectivity index (χ2n) is 5.29. The Hall–Kier alpha value is -1.51. The van der Waals surface area contributed by atoms with Crippen molar-refractivity contribution in [3.8, 4) is 0 Å². The minimum atomic E-state index is -0.0277. The Labute approximate surface area is 152 Å². The van der Waals surface area contributed by atoms with E-state index in [0.29, 0.717) is 0 Å². The van der Waals surface area contributed by atoms with Gasteiger partial charge < -0.3 is 17.0 Å². The molecule has 2 heteroatoms. The smallest absolute Gasteiger partial charge is 0.169 e. The van der Waals surface area contributed by atoms with Crippen molar-refractivity contribution in [1.82, 2.24) is 0 Å². The summed E-state index contributed by atoms with van der Waals surface area (Å²) in [5.74, 6) is 0. The van der Waals surface area contributed by atoms with Gasteiger partial charge in [0.25, 0.3) is 0 Å². The Morgan fingerprint density at radius 2 is 1.13 bits per heavy atom. The normalized spacial score (nSPS) is 10.3. The zero-order chi connectivity index (χ0) is 15.2. The largest absolute Gasteiger partial charge is 1.00 e. The van der Waals surface area contributed by atoms with Crippen LogP contribution in [0, 0.1) is 0 Å². The summed E-state index contributed by atoms with van der Waals surface area (Å²) in [4.78, 5) is 4.23. The van der Waals surface area contributed by atoms with Gasteiger partial charge in [0.2, 0.25) is 0 Å². The van der Waals surface area contributed by atoms with Crippen LogP contribution in [-0.2, 0) is 17.3 Å². The maximum Gasteiger partial charge on any atom is 0.169 e. The zero-order valence-electron chi connectivity index (χ0n) is 13.3. The lowest BCUT2D eigenvalue weighted by Crippen LogP contribution is -3.00. The molecule has 0 aromatic heterocycles. The van der Waals surface area contributed by atoms with Crippen LogP contribution >= 0.6 is 0 Å². The van der Waals surface area contributed by atoms with Gasteiger partial charge in [0.1, 0.15) is 0 Å². The summed E-state index contributed by atoms with van der Waals surface area (Å²) >= 11 is 0. The molecule has 0 bridgehead atoms. The van der Waals surface area contributed by atoms with Crippen LogP contribution in [0.15, 0.2) is 99.6 Å². The van der Waals surface area contributed by atoms with Gasteiger partial charge in [0.15, 0.2) is 14.7 Å². The number of rotatable bonds is 5. The molecule has 0 aliphatic rings. The van der Waals surface area contributed by atoms with Gasteiger partial charge in [-0.05, 0) is 36.8 Å². The second kappa shape index (κ2) is 8.95. The van der Waals surface area contributed by atoms with Crippen molar-refractivity contribution in [3.05, 3.63) is 90.5 Å². The third-order valence-corrected chi connectivity index (χ3v) is 5.99. The predicted octanol–water partition coefficient (Wildman–Crippen LogP) is 2.74. The van der Waals surface area contributed by atoms with Gasteiger partial charge in [-0.15, -0.1) is 0 Å². The third-order valence-electron chi connectivity index (χ3n) is 3.67. The molecule has 0 amide bonds. The van der Waals surface area contributed by atoms with Crippen LogP contribution in [0.5, 0.6) is 0 Å². The summed E-state index contributed by atoms with van der Waals surface area (Å²) in [5, 5.41) is 0. The highest BCUT2D eigenvalue weighted by molar-refractivity contribution is 7.97. The molecule has 0 aliphatic heterocycles. The van der Waals surface area contributed by atoms with Crippen LogP contribution in [0.2, 0.25) is 0 Å². The second-order valence-corrected chi connectivity index (χ2v) is 7.29. The third kappa shape index (κ3) is 4.27. The highest BCUT2D eigenvalue weighted by Crippen LogP contribution is 2.33. The topological polar surface area (TPSA) is 0 Å². The highest BCUT2D eigenvalue weighted by Gasteiger charge is 2.30. The number of benzene rings is 3. The molecule has 0 saturated carbocycles. The SMILES string of the molecule is CCCc1ccccc1[S+](c1ccccc1)c1ccccc1.[Br-]. The van der Waals surface area contributed by atoms with E-state index in [1.165, 1.54) is 26.7 Å². The fourth-order valence-electron chi connectivity index (χ4n) is 2.68. The van der Waals surface area contributed by atoms with Gasteiger partial charge in [0.05, 0.1) is 10.9 Å². The minimum Gasteiger partial charge on any atom is -1.00 e. The summed E-state index contributed by atoms with van der Waals surface area (Å²) in [7, 11) is -0.0277. The summed E-state index contributed by atoms with van der Waals surface area (Å²) in [6.45, 7) is 2.25. The average Bonchev–Trinajstić information content (AvgIpc) is 2.59. The molecular formula is C21H21BrS. The van der Waals surface area contributed by atoms with Gasteiger partial charge in [-0.3, -0.25) is 0 Å². The number of aryl methyl sites for hydroxylation is 1. The van der Waals surface area contributed by atoms with Crippen LogP contribution < -0.4 is 17.0 Å². The molecule has 118 valence electrons. The molecular weight excluding hydrogens is 364 g/mol. The maximum atomic E-state index is 2.30. The lowest BCUT2D eigenvalue weighted by molar-refractivity contribution is -0.00000445. The summed E-state index contributed by atoms with van der Waals surface area (Å²) < 4.78 is 0. The van der Waals surface area contributed by atoms with E-state index in [1.807, 2.05) is 0 Å². The molecule has 3 aromatic carbocycles. The molecule has 0 spiro atoms. The lowest BCUT2D eigenvalue weighted by atomic mass is 10.1. The van der Waals surface area contributed by atoms with E-state index in [1.54, 1.807) is 0 Å². The zero-order valence-corrected chi connectivity index (χ0v) is 15.7. The first-order valence-electron chi connectivity index (χ1n) is 7.82. The van der Waals surface area contributed by atoms with Gasteiger partial charge in [0, 0.05) is 5.56 Å². The minimum absolute atomic E-state index is 0. The highest BCUT2D eigenvalue weighted by atomic mass is 79.9. The fraction of sp³-hybridized carbons (Fsp3) is 0.143. The molecule has 0 saturated heterocycles. The molecule has 0 fully saturated rings. The summed E-state index contributed by atoms with van der Waals surface area (Å²) in [5.41, 5.74) is 1.47. The number of halogens is 1. The average molecular weight is 385 g/mol. The molecule has 0 unspecified atom stereocenters. The lowest BCUT2D eigenvalue weighted by Gasteiger charge is -2.11. The van der Waals surface area contributed by atoms with E-state index >= 15 is 0 Å². The van der Waals surface area contributed by atoms with Crippen LogP contribution in [0.4, 0.5) is 0 Å². The maximum absolute atomic E-state index is 2.30. The van der Waals surface area contributed by atoms with Crippen molar-refractivity contribution >= 4 is 10.9 Å². The molecule has 3 rings (SSSR count). The Balaban J connectivity index is 0.00000192.